The molecule has 0 spiro atoms. The van der Waals surface area contributed by atoms with E-state index in [1.807, 2.05) is 19.1 Å². The van der Waals surface area contributed by atoms with Crippen LogP contribution in [0.25, 0.3) is 0 Å². The predicted molar refractivity (Wildman–Crippen MR) is 151 cm³/mol. The average Bonchev–Trinajstić information content (AvgIpc) is 3.67. The van der Waals surface area contributed by atoms with Gasteiger partial charge in [0.15, 0.2) is 0 Å². The fraction of sp³-hybridized carbons (Fsp3) is 0.519. The number of hydrogen-bond donors (Lipinski definition) is 2. The molecule has 42 heavy (non-hydrogen) atoms. The molecule has 4 heterocycles. The third-order valence-electron chi connectivity index (χ3n) is 7.66. The number of benzene rings is 1. The number of sulfonamides is 1. The van der Waals surface area contributed by atoms with Crippen LogP contribution in [-0.2, 0) is 19.6 Å². The zero-order valence-electron chi connectivity index (χ0n) is 23.0. The van der Waals surface area contributed by atoms with E-state index >= 15 is 0 Å². The number of hydrogen-bond acceptors (Lipinski definition) is 7. The number of aromatic nitrogens is 1. The molecule has 3 aliphatic heterocycles. The van der Waals surface area contributed by atoms with Crippen molar-refractivity contribution in [3.63, 3.8) is 0 Å². The molecule has 3 aliphatic rings. The maximum absolute atomic E-state index is 13.5. The fourth-order valence-electron chi connectivity index (χ4n) is 5.47. The normalized spacial score (nSPS) is 21.1. The number of pyridine rings is 1. The maximum atomic E-state index is 13.5. The summed E-state index contributed by atoms with van der Waals surface area (Å²) in [5.41, 5.74) is 1.67. The molecular formula is C27H33ClF3N5O5S. The number of aryl methyl sites for hydroxylation is 1. The molecule has 2 unspecified atom stereocenters. The third kappa shape index (κ3) is 7.71. The van der Waals surface area contributed by atoms with Crippen molar-refractivity contribution >= 4 is 45.0 Å². The molecule has 0 bridgehead atoms. The van der Waals surface area contributed by atoms with Gasteiger partial charge in [0.25, 0.3) is 0 Å². The lowest BCUT2D eigenvalue weighted by atomic mass is 10.0. The first-order valence-electron chi connectivity index (χ1n) is 13.5. The van der Waals surface area contributed by atoms with Gasteiger partial charge in [-0.05, 0) is 61.4 Å². The first kappa shape index (κ1) is 32.0. The molecule has 2 N–H and O–H groups in total. The number of rotatable bonds is 7. The molecule has 0 radical (unpaired) electrons. The van der Waals surface area contributed by atoms with E-state index in [4.69, 9.17) is 21.5 Å². The number of alkyl halides is 3. The number of carbonyl (C=O) groups excluding carboxylic acids is 1. The summed E-state index contributed by atoms with van der Waals surface area (Å²) < 4.78 is 60.5. The standard InChI is InChI=1S/C25H32ClN5O3S.C2HF3O2/c1-18-6-7-21(13-22(18)26)28-24(32)8-12-29-14-19-16-31(17-20(19)15-29)35(33,34)23-5-4-9-27-25(23)30-10-2-3-11-30;3-2(4,5)1(6)7/h4-7,9,13,19-20H,2-3,8,10-12,14-17H2,1H3,(H,28,32);(H,6,7). The van der Waals surface area contributed by atoms with Crippen molar-refractivity contribution in [2.75, 3.05) is 56.0 Å². The van der Waals surface area contributed by atoms with E-state index in [-0.39, 0.29) is 17.7 Å². The molecule has 15 heteroatoms. The van der Waals surface area contributed by atoms with E-state index in [1.54, 1.807) is 28.7 Å². The zero-order valence-corrected chi connectivity index (χ0v) is 24.6. The molecule has 230 valence electrons. The summed E-state index contributed by atoms with van der Waals surface area (Å²) in [5, 5.41) is 10.7. The Hall–Kier alpha value is -2.94. The Morgan fingerprint density at radius 3 is 2.29 bits per heavy atom. The first-order chi connectivity index (χ1) is 19.8. The molecule has 1 aromatic heterocycles. The number of amides is 1. The molecule has 0 aliphatic carbocycles. The van der Waals surface area contributed by atoms with Crippen molar-refractivity contribution in [3.05, 3.63) is 47.1 Å². The Morgan fingerprint density at radius 2 is 1.71 bits per heavy atom. The minimum Gasteiger partial charge on any atom is -0.475 e. The number of fused-ring (bicyclic) bond motifs is 1. The van der Waals surface area contributed by atoms with E-state index in [1.165, 1.54) is 0 Å². The molecule has 1 amide bonds. The largest absolute Gasteiger partial charge is 0.490 e. The predicted octanol–water partition coefficient (Wildman–Crippen LogP) is 3.86. The maximum Gasteiger partial charge on any atom is 0.490 e. The number of halogens is 4. The molecule has 2 aromatic rings. The number of likely N-dealkylation sites (tertiary alicyclic amines) is 1. The van der Waals surface area contributed by atoms with Crippen LogP contribution >= 0.6 is 11.6 Å². The Labute approximate surface area is 247 Å². The van der Waals surface area contributed by atoms with Crippen LogP contribution in [0.4, 0.5) is 24.7 Å². The summed E-state index contributed by atoms with van der Waals surface area (Å²) in [7, 11) is -3.60. The van der Waals surface area contributed by atoms with Gasteiger partial charge in [-0.1, -0.05) is 17.7 Å². The van der Waals surface area contributed by atoms with Gasteiger partial charge in [-0.15, -0.1) is 0 Å². The molecular weight excluding hydrogens is 599 g/mol. The number of carboxylic acid groups (broad SMARTS) is 1. The monoisotopic (exact) mass is 631 g/mol. The van der Waals surface area contributed by atoms with Crippen molar-refractivity contribution in [2.24, 2.45) is 11.8 Å². The average molecular weight is 632 g/mol. The van der Waals surface area contributed by atoms with Gasteiger partial charge < -0.3 is 20.2 Å². The lowest BCUT2D eigenvalue weighted by molar-refractivity contribution is -0.192. The second-order valence-corrected chi connectivity index (χ2v) is 13.0. The fourth-order valence-corrected chi connectivity index (χ4v) is 7.37. The second-order valence-electron chi connectivity index (χ2n) is 10.7. The van der Waals surface area contributed by atoms with Crippen LogP contribution in [0.1, 0.15) is 24.8 Å². The molecule has 10 nitrogen and oxygen atoms in total. The molecule has 5 rings (SSSR count). The van der Waals surface area contributed by atoms with E-state index in [0.717, 1.165) is 44.6 Å². The number of carbonyl (C=O) groups is 2. The van der Waals surface area contributed by atoms with Gasteiger partial charge in [0.2, 0.25) is 15.9 Å². The summed E-state index contributed by atoms with van der Waals surface area (Å²) in [4.78, 5) is 30.4. The summed E-state index contributed by atoms with van der Waals surface area (Å²) in [6, 6.07) is 8.91. The van der Waals surface area contributed by atoms with Crippen molar-refractivity contribution < 1.29 is 36.3 Å². The van der Waals surface area contributed by atoms with E-state index in [0.29, 0.717) is 47.5 Å². The van der Waals surface area contributed by atoms with Gasteiger partial charge >= 0.3 is 12.1 Å². The van der Waals surface area contributed by atoms with Gasteiger partial charge in [0, 0.05) is 69.1 Å². The highest BCUT2D eigenvalue weighted by atomic mass is 35.5. The van der Waals surface area contributed by atoms with Crippen LogP contribution < -0.4 is 10.2 Å². The van der Waals surface area contributed by atoms with Crippen molar-refractivity contribution in [2.45, 2.75) is 37.3 Å². The zero-order chi connectivity index (χ0) is 30.7. The van der Waals surface area contributed by atoms with Crippen molar-refractivity contribution in [1.29, 1.82) is 0 Å². The molecule has 1 aromatic carbocycles. The quantitative estimate of drug-likeness (QED) is 0.472. The van der Waals surface area contributed by atoms with Crippen LogP contribution in [0, 0.1) is 18.8 Å². The van der Waals surface area contributed by atoms with Crippen LogP contribution in [0.3, 0.4) is 0 Å². The smallest absolute Gasteiger partial charge is 0.475 e. The number of anilines is 2. The first-order valence-corrected chi connectivity index (χ1v) is 15.4. The topological polar surface area (TPSA) is 123 Å². The lowest BCUT2D eigenvalue weighted by Gasteiger charge is -2.24. The SMILES string of the molecule is Cc1ccc(NC(=O)CCN2CC3CN(S(=O)(=O)c4cccnc4N4CCCC4)CC3C2)cc1Cl.O=C(O)C(F)(F)F. The van der Waals surface area contributed by atoms with Crippen LogP contribution in [-0.4, -0.2) is 91.6 Å². The highest BCUT2D eigenvalue weighted by Gasteiger charge is 2.45. The van der Waals surface area contributed by atoms with E-state index < -0.39 is 22.2 Å². The summed E-state index contributed by atoms with van der Waals surface area (Å²) in [6.07, 6.45) is -0.887. The van der Waals surface area contributed by atoms with Gasteiger partial charge in [0.1, 0.15) is 10.7 Å². The number of aliphatic carboxylic acids is 1. The Balaban J connectivity index is 0.000000517. The number of nitrogens with one attached hydrogen (secondary N) is 1. The van der Waals surface area contributed by atoms with Crippen LogP contribution in [0.15, 0.2) is 41.4 Å². The molecule has 0 saturated carbocycles. The van der Waals surface area contributed by atoms with Gasteiger partial charge in [-0.25, -0.2) is 18.2 Å². The van der Waals surface area contributed by atoms with E-state index in [2.05, 4.69) is 20.1 Å². The van der Waals surface area contributed by atoms with Gasteiger partial charge in [-0.3, -0.25) is 4.79 Å². The molecule has 3 saturated heterocycles. The number of nitrogens with zero attached hydrogens (tertiary/aromatic N) is 4. The van der Waals surface area contributed by atoms with Crippen molar-refractivity contribution in [3.8, 4) is 0 Å². The summed E-state index contributed by atoms with van der Waals surface area (Å²) in [5.74, 6) is -1.64. The van der Waals surface area contributed by atoms with Crippen molar-refractivity contribution in [1.82, 2.24) is 14.2 Å². The van der Waals surface area contributed by atoms with Gasteiger partial charge in [0.05, 0.1) is 0 Å². The lowest BCUT2D eigenvalue weighted by Crippen LogP contribution is -2.35. The van der Waals surface area contributed by atoms with Gasteiger partial charge in [-0.2, -0.15) is 17.5 Å². The minimum absolute atomic E-state index is 0.0443. The Kier molecular flexibility index (Phi) is 10.0. The van der Waals surface area contributed by atoms with Crippen LogP contribution in [0.2, 0.25) is 5.02 Å². The summed E-state index contributed by atoms with van der Waals surface area (Å²) >= 11 is 6.14. The number of carboxylic acids is 1. The van der Waals surface area contributed by atoms with E-state index in [9.17, 15) is 26.4 Å². The minimum atomic E-state index is -5.08. The third-order valence-corrected chi connectivity index (χ3v) is 9.92. The highest BCUT2D eigenvalue weighted by Crippen LogP contribution is 2.36. The van der Waals surface area contributed by atoms with Crippen LogP contribution in [0.5, 0.6) is 0 Å². The second kappa shape index (κ2) is 13.1. The molecule has 2 atom stereocenters. The Morgan fingerprint density at radius 1 is 1.10 bits per heavy atom. The Bertz CT molecular complexity index is 1390. The highest BCUT2D eigenvalue weighted by molar-refractivity contribution is 7.89. The molecule has 3 fully saturated rings. The summed E-state index contributed by atoms with van der Waals surface area (Å²) in [6.45, 7) is 6.95.